The average molecular weight is 303 g/mol. The van der Waals surface area contributed by atoms with E-state index >= 15 is 0 Å². The first kappa shape index (κ1) is 16.1. The summed E-state index contributed by atoms with van der Waals surface area (Å²) in [6.07, 6.45) is -0.463. The number of hydrogen-bond donors (Lipinski definition) is 0. The fourth-order valence-electron chi connectivity index (χ4n) is 2.23. The summed E-state index contributed by atoms with van der Waals surface area (Å²) in [6.45, 7) is 7.48. The standard InChI is InChI=1S/C17H21NO4/c1-5-21-15(19)11-13-10-12-8-6-7-9-14(12)18(13)16(20)22-17(2,3)4/h6-10H,5,11H2,1-4H3. The molecule has 2 aromatic rings. The van der Waals surface area contributed by atoms with Crippen LogP contribution in [0, 0.1) is 0 Å². The minimum absolute atomic E-state index is 0.0295. The lowest BCUT2D eigenvalue weighted by Gasteiger charge is -2.20. The molecule has 0 unspecified atom stereocenters. The van der Waals surface area contributed by atoms with E-state index < -0.39 is 11.7 Å². The van der Waals surface area contributed by atoms with Gasteiger partial charge in [-0.1, -0.05) is 18.2 Å². The summed E-state index contributed by atoms with van der Waals surface area (Å²) in [7, 11) is 0. The number of esters is 1. The molecule has 0 spiro atoms. The number of carbonyl (C=O) groups excluding carboxylic acids is 2. The summed E-state index contributed by atoms with van der Waals surface area (Å²) in [5.41, 5.74) is 0.675. The lowest BCUT2D eigenvalue weighted by atomic mass is 10.2. The van der Waals surface area contributed by atoms with Crippen LogP contribution in [0.4, 0.5) is 4.79 Å². The summed E-state index contributed by atoms with van der Waals surface area (Å²) in [5.74, 6) is -0.366. The highest BCUT2D eigenvalue weighted by Gasteiger charge is 2.23. The summed E-state index contributed by atoms with van der Waals surface area (Å²) in [5, 5.41) is 0.882. The van der Waals surface area contributed by atoms with E-state index in [2.05, 4.69) is 0 Å². The number of rotatable bonds is 3. The highest BCUT2D eigenvalue weighted by atomic mass is 16.6. The quantitative estimate of drug-likeness (QED) is 0.814. The molecule has 0 atom stereocenters. The Labute approximate surface area is 129 Å². The van der Waals surface area contributed by atoms with Gasteiger partial charge in [-0.15, -0.1) is 0 Å². The number of carbonyl (C=O) groups is 2. The molecule has 0 aliphatic rings. The van der Waals surface area contributed by atoms with Crippen LogP contribution < -0.4 is 0 Å². The molecule has 0 radical (unpaired) electrons. The fraction of sp³-hybridized carbons (Fsp3) is 0.412. The van der Waals surface area contributed by atoms with Gasteiger partial charge in [0.05, 0.1) is 18.5 Å². The molecule has 0 saturated heterocycles. The van der Waals surface area contributed by atoms with Crippen molar-refractivity contribution < 1.29 is 19.1 Å². The maximum Gasteiger partial charge on any atom is 0.419 e. The Kier molecular flexibility index (Phi) is 4.54. The number of aromatic nitrogens is 1. The molecule has 0 saturated carbocycles. The van der Waals surface area contributed by atoms with Crippen LogP contribution >= 0.6 is 0 Å². The number of fused-ring (bicyclic) bond motifs is 1. The topological polar surface area (TPSA) is 57.5 Å². The van der Waals surface area contributed by atoms with Crippen LogP contribution in [-0.4, -0.2) is 28.8 Å². The van der Waals surface area contributed by atoms with Crippen LogP contribution in [0.3, 0.4) is 0 Å². The summed E-state index contributed by atoms with van der Waals surface area (Å²) >= 11 is 0. The van der Waals surface area contributed by atoms with Crippen molar-refractivity contribution >= 4 is 23.0 Å². The maximum atomic E-state index is 12.5. The summed E-state index contributed by atoms with van der Waals surface area (Å²) in [4.78, 5) is 24.2. The van der Waals surface area contributed by atoms with Gasteiger partial charge in [-0.05, 0) is 39.8 Å². The van der Waals surface area contributed by atoms with E-state index in [-0.39, 0.29) is 12.4 Å². The zero-order valence-corrected chi connectivity index (χ0v) is 13.4. The second kappa shape index (κ2) is 6.22. The lowest BCUT2D eigenvalue weighted by Crippen LogP contribution is -2.28. The predicted octanol–water partition coefficient (Wildman–Crippen LogP) is 3.53. The van der Waals surface area contributed by atoms with Gasteiger partial charge in [-0.25, -0.2) is 9.36 Å². The Bertz CT molecular complexity index is 694. The van der Waals surface area contributed by atoms with Crippen molar-refractivity contribution in [2.45, 2.75) is 39.7 Å². The van der Waals surface area contributed by atoms with Crippen LogP contribution in [0.15, 0.2) is 30.3 Å². The fourth-order valence-corrected chi connectivity index (χ4v) is 2.23. The van der Waals surface area contributed by atoms with Gasteiger partial charge in [0.2, 0.25) is 0 Å². The van der Waals surface area contributed by atoms with Gasteiger partial charge >= 0.3 is 12.1 Å². The van der Waals surface area contributed by atoms with E-state index in [1.165, 1.54) is 4.57 Å². The van der Waals surface area contributed by atoms with Gasteiger partial charge in [0.25, 0.3) is 0 Å². The molecule has 0 aliphatic heterocycles. The average Bonchev–Trinajstić information content (AvgIpc) is 2.74. The van der Waals surface area contributed by atoms with E-state index in [1.54, 1.807) is 6.92 Å². The van der Waals surface area contributed by atoms with Crippen LogP contribution in [-0.2, 0) is 20.7 Å². The third-order valence-corrected chi connectivity index (χ3v) is 2.99. The van der Waals surface area contributed by atoms with Crippen LogP contribution in [0.1, 0.15) is 33.4 Å². The van der Waals surface area contributed by atoms with Crippen molar-refractivity contribution in [2.24, 2.45) is 0 Å². The third kappa shape index (κ3) is 3.67. The van der Waals surface area contributed by atoms with Gasteiger partial charge in [0.15, 0.2) is 0 Å². The van der Waals surface area contributed by atoms with Crippen molar-refractivity contribution in [3.05, 3.63) is 36.0 Å². The van der Waals surface area contributed by atoms with Crippen molar-refractivity contribution in [1.82, 2.24) is 4.57 Å². The number of benzene rings is 1. The molecular weight excluding hydrogens is 282 g/mol. The minimum atomic E-state index is -0.607. The number of para-hydroxylation sites is 1. The Balaban J connectivity index is 2.44. The summed E-state index contributed by atoms with van der Waals surface area (Å²) in [6, 6.07) is 9.27. The van der Waals surface area contributed by atoms with Gasteiger partial charge in [0, 0.05) is 11.1 Å². The lowest BCUT2D eigenvalue weighted by molar-refractivity contribution is -0.142. The number of hydrogen-bond acceptors (Lipinski definition) is 4. The van der Waals surface area contributed by atoms with Gasteiger partial charge in [-0.2, -0.15) is 0 Å². The smallest absolute Gasteiger partial charge is 0.419 e. The van der Waals surface area contributed by atoms with E-state index in [0.717, 1.165) is 10.9 Å². The maximum absolute atomic E-state index is 12.5. The molecular formula is C17H21NO4. The van der Waals surface area contributed by atoms with E-state index in [4.69, 9.17) is 9.47 Å². The van der Waals surface area contributed by atoms with Gasteiger partial charge in [-0.3, -0.25) is 4.79 Å². The molecule has 118 valence electrons. The van der Waals surface area contributed by atoms with Crippen molar-refractivity contribution in [1.29, 1.82) is 0 Å². The first-order chi connectivity index (χ1) is 10.3. The normalized spacial score (nSPS) is 11.5. The van der Waals surface area contributed by atoms with Gasteiger partial charge in [0.1, 0.15) is 5.60 Å². The van der Waals surface area contributed by atoms with Crippen LogP contribution in [0.2, 0.25) is 0 Å². The molecule has 0 bridgehead atoms. The molecule has 1 aromatic carbocycles. The second-order valence-corrected chi connectivity index (χ2v) is 5.99. The molecule has 0 aliphatic carbocycles. The summed E-state index contributed by atoms with van der Waals surface area (Å²) < 4.78 is 11.9. The molecule has 0 fully saturated rings. The first-order valence-corrected chi connectivity index (χ1v) is 7.30. The van der Waals surface area contributed by atoms with E-state index in [0.29, 0.717) is 12.3 Å². The Morgan fingerprint density at radius 2 is 1.86 bits per heavy atom. The monoisotopic (exact) mass is 303 g/mol. The van der Waals surface area contributed by atoms with Crippen LogP contribution in [0.5, 0.6) is 0 Å². The Morgan fingerprint density at radius 1 is 1.18 bits per heavy atom. The highest BCUT2D eigenvalue weighted by Crippen LogP contribution is 2.22. The Hall–Kier alpha value is -2.30. The molecule has 22 heavy (non-hydrogen) atoms. The number of nitrogens with zero attached hydrogens (tertiary/aromatic N) is 1. The van der Waals surface area contributed by atoms with Crippen molar-refractivity contribution in [3.63, 3.8) is 0 Å². The molecule has 1 aromatic heterocycles. The molecule has 5 heteroatoms. The molecule has 0 amide bonds. The van der Waals surface area contributed by atoms with Crippen molar-refractivity contribution in [3.8, 4) is 0 Å². The van der Waals surface area contributed by atoms with Crippen molar-refractivity contribution in [2.75, 3.05) is 6.61 Å². The zero-order valence-electron chi connectivity index (χ0n) is 13.4. The molecule has 1 heterocycles. The molecule has 0 N–H and O–H groups in total. The zero-order chi connectivity index (χ0) is 16.3. The largest absolute Gasteiger partial charge is 0.466 e. The minimum Gasteiger partial charge on any atom is -0.466 e. The SMILES string of the molecule is CCOC(=O)Cc1cc2ccccc2n1C(=O)OC(C)(C)C. The first-order valence-electron chi connectivity index (χ1n) is 7.30. The molecule has 2 rings (SSSR count). The highest BCUT2D eigenvalue weighted by molar-refractivity contribution is 5.92. The van der Waals surface area contributed by atoms with Crippen LogP contribution in [0.25, 0.3) is 10.9 Å². The Morgan fingerprint density at radius 3 is 2.50 bits per heavy atom. The third-order valence-electron chi connectivity index (χ3n) is 2.99. The number of ether oxygens (including phenoxy) is 2. The van der Waals surface area contributed by atoms with Gasteiger partial charge < -0.3 is 9.47 Å². The predicted molar refractivity (Wildman–Crippen MR) is 83.9 cm³/mol. The molecule has 5 nitrogen and oxygen atoms in total. The van der Waals surface area contributed by atoms with E-state index in [1.807, 2.05) is 51.1 Å². The van der Waals surface area contributed by atoms with E-state index in [9.17, 15) is 9.59 Å². The second-order valence-electron chi connectivity index (χ2n) is 5.99.